The molecule has 1 aromatic carbocycles. The van der Waals surface area contributed by atoms with Gasteiger partial charge in [0.05, 0.1) is 34.9 Å². The van der Waals surface area contributed by atoms with Gasteiger partial charge in [-0.25, -0.2) is 14.4 Å². The van der Waals surface area contributed by atoms with E-state index in [2.05, 4.69) is 25.5 Å². The fourth-order valence-corrected chi connectivity index (χ4v) is 4.62. The molecular weight excluding hydrogens is 401 g/mol. The second-order valence-corrected chi connectivity index (χ2v) is 7.77. The van der Waals surface area contributed by atoms with Crippen molar-refractivity contribution in [2.75, 3.05) is 20.2 Å². The number of nitrogens with one attached hydrogen (secondary N) is 2. The maximum Gasteiger partial charge on any atom is 0.156 e. The van der Waals surface area contributed by atoms with Crippen LogP contribution in [0, 0.1) is 5.82 Å². The molecule has 1 aliphatic heterocycles. The Morgan fingerprint density at radius 3 is 2.89 bits per heavy atom. The zero-order valence-corrected chi connectivity index (χ0v) is 16.4. The van der Waals surface area contributed by atoms with Crippen LogP contribution in [0.3, 0.4) is 0 Å². The summed E-state index contributed by atoms with van der Waals surface area (Å²) < 4.78 is 20.2. The van der Waals surface area contributed by atoms with Gasteiger partial charge >= 0.3 is 0 Å². The highest BCUT2D eigenvalue weighted by Crippen LogP contribution is 2.45. The molecule has 4 heterocycles. The van der Waals surface area contributed by atoms with Crippen molar-refractivity contribution >= 4 is 33.2 Å². The van der Waals surface area contributed by atoms with Gasteiger partial charge in [0.15, 0.2) is 5.15 Å². The number of halogens is 2. The number of pyridine rings is 1. The molecule has 5 rings (SSSR count). The molecule has 1 saturated heterocycles. The molecule has 2 N–H and O–H groups in total. The highest BCUT2D eigenvalue weighted by Gasteiger charge is 2.28. The number of ether oxygens (including phenoxy) is 1. The number of aromatic amines is 1. The van der Waals surface area contributed by atoms with Crippen molar-refractivity contribution in [3.63, 3.8) is 0 Å². The van der Waals surface area contributed by atoms with Gasteiger partial charge in [-0.05, 0) is 12.1 Å². The molecule has 0 aliphatic carbocycles. The molecule has 28 heavy (non-hydrogen) atoms. The van der Waals surface area contributed by atoms with Gasteiger partial charge in [-0.3, -0.25) is 5.10 Å². The standard InChI is InChI=1S/C19H15ClFN5OS/c1-27-13-4-10(21)2-3-11(13)14-16(25-19(20)17-18(14)28-8-23-17)12-7-24-26-15(12)9-5-22-6-9/h2-4,7-9,22H,5-6H2,1H3,(H,24,26). The summed E-state index contributed by atoms with van der Waals surface area (Å²) >= 11 is 7.92. The third-order valence-corrected chi connectivity index (χ3v) is 6.09. The lowest BCUT2D eigenvalue weighted by Gasteiger charge is -2.27. The molecule has 0 unspecified atom stereocenters. The van der Waals surface area contributed by atoms with Crippen molar-refractivity contribution in [1.82, 2.24) is 25.5 Å². The number of thiazole rings is 1. The van der Waals surface area contributed by atoms with Crippen LogP contribution in [0.15, 0.2) is 29.9 Å². The highest BCUT2D eigenvalue weighted by atomic mass is 35.5. The minimum absolute atomic E-state index is 0.329. The Bertz CT molecular complexity index is 1190. The van der Waals surface area contributed by atoms with Crippen molar-refractivity contribution in [3.8, 4) is 28.1 Å². The van der Waals surface area contributed by atoms with E-state index >= 15 is 0 Å². The van der Waals surface area contributed by atoms with Gasteiger partial charge in [-0.15, -0.1) is 11.3 Å². The number of nitrogens with zero attached hydrogens (tertiary/aromatic N) is 3. The van der Waals surface area contributed by atoms with E-state index in [9.17, 15) is 4.39 Å². The lowest BCUT2D eigenvalue weighted by Crippen LogP contribution is -2.40. The third-order valence-electron chi connectivity index (χ3n) is 4.98. The number of fused-ring (bicyclic) bond motifs is 1. The Balaban J connectivity index is 1.84. The lowest BCUT2D eigenvalue weighted by molar-refractivity contribution is 0.413. The first-order valence-corrected chi connectivity index (χ1v) is 9.94. The molecule has 1 aliphatic rings. The first-order chi connectivity index (χ1) is 13.7. The second kappa shape index (κ2) is 6.80. The Kier molecular flexibility index (Phi) is 4.26. The minimum atomic E-state index is -0.367. The molecule has 0 spiro atoms. The molecule has 6 nitrogen and oxygen atoms in total. The van der Waals surface area contributed by atoms with E-state index in [1.807, 2.05) is 0 Å². The number of methoxy groups -OCH3 is 1. The van der Waals surface area contributed by atoms with Crippen molar-refractivity contribution in [1.29, 1.82) is 0 Å². The van der Waals surface area contributed by atoms with E-state index < -0.39 is 0 Å². The first kappa shape index (κ1) is 17.5. The number of hydrogen-bond donors (Lipinski definition) is 2. The van der Waals surface area contributed by atoms with Crippen molar-refractivity contribution in [2.45, 2.75) is 5.92 Å². The van der Waals surface area contributed by atoms with Gasteiger partial charge in [0.25, 0.3) is 0 Å². The van der Waals surface area contributed by atoms with Crippen LogP contribution < -0.4 is 10.1 Å². The molecule has 0 amide bonds. The Labute approximate surface area is 168 Å². The van der Waals surface area contributed by atoms with Gasteiger partial charge in [-0.1, -0.05) is 11.6 Å². The normalized spacial score (nSPS) is 14.4. The molecule has 0 atom stereocenters. The average molecular weight is 416 g/mol. The van der Waals surface area contributed by atoms with Crippen LogP contribution >= 0.6 is 22.9 Å². The van der Waals surface area contributed by atoms with E-state index in [-0.39, 0.29) is 5.82 Å². The largest absolute Gasteiger partial charge is 0.496 e. The van der Waals surface area contributed by atoms with Crippen LogP contribution in [0.4, 0.5) is 4.39 Å². The second-order valence-electron chi connectivity index (χ2n) is 6.55. The summed E-state index contributed by atoms with van der Waals surface area (Å²) in [5, 5.41) is 11.0. The maximum absolute atomic E-state index is 13.8. The van der Waals surface area contributed by atoms with Gasteiger partial charge in [0.1, 0.15) is 17.1 Å². The molecule has 4 aromatic rings. The monoisotopic (exact) mass is 415 g/mol. The number of aromatic nitrogens is 4. The summed E-state index contributed by atoms with van der Waals surface area (Å²) in [5.74, 6) is 0.391. The van der Waals surface area contributed by atoms with Gasteiger partial charge in [0.2, 0.25) is 0 Å². The van der Waals surface area contributed by atoms with Crippen LogP contribution in [0.5, 0.6) is 5.75 Å². The minimum Gasteiger partial charge on any atom is -0.496 e. The Hall–Kier alpha value is -2.55. The topological polar surface area (TPSA) is 75.7 Å². The summed E-state index contributed by atoms with van der Waals surface area (Å²) in [6.07, 6.45) is 1.76. The first-order valence-electron chi connectivity index (χ1n) is 8.68. The number of hydrogen-bond acceptors (Lipinski definition) is 6. The van der Waals surface area contributed by atoms with Crippen LogP contribution in [-0.4, -0.2) is 40.4 Å². The Morgan fingerprint density at radius 1 is 1.29 bits per heavy atom. The summed E-state index contributed by atoms with van der Waals surface area (Å²) in [7, 11) is 1.52. The fraction of sp³-hybridized carbons (Fsp3) is 0.211. The summed E-state index contributed by atoms with van der Waals surface area (Å²) in [6, 6.07) is 4.48. The highest BCUT2D eigenvalue weighted by molar-refractivity contribution is 7.17. The molecule has 9 heteroatoms. The fourth-order valence-electron chi connectivity index (χ4n) is 3.49. The SMILES string of the molecule is COc1cc(F)ccc1-c1c(-c2cn[nH]c2C2CNC2)nc(Cl)c2ncsc12. The number of H-pyrrole nitrogens is 1. The van der Waals surface area contributed by atoms with E-state index in [0.29, 0.717) is 28.0 Å². The van der Waals surface area contributed by atoms with Crippen LogP contribution in [0.2, 0.25) is 5.15 Å². The van der Waals surface area contributed by atoms with E-state index in [4.69, 9.17) is 16.3 Å². The van der Waals surface area contributed by atoms with E-state index in [1.165, 1.54) is 30.6 Å². The quantitative estimate of drug-likeness (QED) is 0.488. The van der Waals surface area contributed by atoms with Crippen LogP contribution in [-0.2, 0) is 0 Å². The van der Waals surface area contributed by atoms with Crippen LogP contribution in [0.25, 0.3) is 32.6 Å². The van der Waals surface area contributed by atoms with Gasteiger partial charge < -0.3 is 10.1 Å². The molecule has 1 fully saturated rings. The smallest absolute Gasteiger partial charge is 0.156 e. The van der Waals surface area contributed by atoms with Crippen molar-refractivity contribution in [2.24, 2.45) is 0 Å². The average Bonchev–Trinajstić information content (AvgIpc) is 3.30. The predicted molar refractivity (Wildman–Crippen MR) is 108 cm³/mol. The zero-order valence-electron chi connectivity index (χ0n) is 14.8. The molecule has 0 bridgehead atoms. The van der Waals surface area contributed by atoms with Gasteiger partial charge in [-0.2, -0.15) is 5.10 Å². The third kappa shape index (κ3) is 2.68. The number of benzene rings is 1. The van der Waals surface area contributed by atoms with Crippen molar-refractivity contribution in [3.05, 3.63) is 46.6 Å². The molecule has 0 saturated carbocycles. The summed E-state index contributed by atoms with van der Waals surface area (Å²) in [6.45, 7) is 1.75. The van der Waals surface area contributed by atoms with E-state index in [1.54, 1.807) is 17.8 Å². The van der Waals surface area contributed by atoms with Gasteiger partial charge in [0, 0.05) is 41.8 Å². The molecule has 0 radical (unpaired) electrons. The Morgan fingerprint density at radius 2 is 2.14 bits per heavy atom. The summed E-state index contributed by atoms with van der Waals surface area (Å²) in [4.78, 5) is 9.03. The van der Waals surface area contributed by atoms with E-state index in [0.717, 1.165) is 40.2 Å². The molecule has 142 valence electrons. The van der Waals surface area contributed by atoms with Crippen LogP contribution in [0.1, 0.15) is 11.6 Å². The lowest BCUT2D eigenvalue weighted by atomic mass is 9.92. The summed E-state index contributed by atoms with van der Waals surface area (Å²) in [5.41, 5.74) is 6.46. The number of rotatable bonds is 4. The zero-order chi connectivity index (χ0) is 19.3. The van der Waals surface area contributed by atoms with Crippen molar-refractivity contribution < 1.29 is 9.13 Å². The molecule has 3 aromatic heterocycles. The predicted octanol–water partition coefficient (Wildman–Crippen LogP) is 4.24. The maximum atomic E-state index is 13.8. The molecular formula is C19H15ClFN5OS.